The standard InChI is InChI=1S/C20H25N3O/c1-14-11-15(2)13-16(12-14)7-9-22-20(21)23-18-8-10-24-19-6-4-3-5-17(18)19/h3-6,11-13,18H,7-10H2,1-2H3,(H3,21,22,23). The van der Waals surface area contributed by atoms with E-state index in [1.54, 1.807) is 0 Å². The van der Waals surface area contributed by atoms with Gasteiger partial charge in [0.2, 0.25) is 0 Å². The molecule has 3 rings (SSSR count). The molecule has 2 aromatic carbocycles. The Morgan fingerprint density at radius 2 is 1.96 bits per heavy atom. The van der Waals surface area contributed by atoms with Gasteiger partial charge in [-0.3, -0.25) is 4.99 Å². The van der Waals surface area contributed by atoms with Gasteiger partial charge in [-0.1, -0.05) is 47.5 Å². The Morgan fingerprint density at radius 3 is 2.75 bits per heavy atom. The Morgan fingerprint density at radius 1 is 1.21 bits per heavy atom. The van der Waals surface area contributed by atoms with Crippen LogP contribution in [0.3, 0.4) is 0 Å². The summed E-state index contributed by atoms with van der Waals surface area (Å²) in [7, 11) is 0. The summed E-state index contributed by atoms with van der Waals surface area (Å²) in [5, 5.41) is 3.33. The first-order valence-electron chi connectivity index (χ1n) is 8.47. The number of nitrogens with two attached hydrogens (primary N) is 1. The molecule has 24 heavy (non-hydrogen) atoms. The van der Waals surface area contributed by atoms with Crippen molar-refractivity contribution in [1.82, 2.24) is 5.32 Å². The lowest BCUT2D eigenvalue weighted by Crippen LogP contribution is -2.37. The van der Waals surface area contributed by atoms with Crippen molar-refractivity contribution in [3.05, 3.63) is 64.7 Å². The van der Waals surface area contributed by atoms with E-state index in [0.29, 0.717) is 19.1 Å². The van der Waals surface area contributed by atoms with Crippen LogP contribution in [0.1, 0.15) is 34.7 Å². The van der Waals surface area contributed by atoms with Crippen LogP contribution >= 0.6 is 0 Å². The van der Waals surface area contributed by atoms with E-state index in [4.69, 9.17) is 10.5 Å². The second-order valence-corrected chi connectivity index (χ2v) is 6.38. The molecule has 0 aliphatic carbocycles. The molecule has 0 spiro atoms. The van der Waals surface area contributed by atoms with Gasteiger partial charge < -0.3 is 15.8 Å². The molecule has 4 heteroatoms. The Bertz CT molecular complexity index is 719. The number of benzene rings is 2. The van der Waals surface area contributed by atoms with Gasteiger partial charge in [0.05, 0.1) is 12.6 Å². The number of aryl methyl sites for hydroxylation is 2. The largest absolute Gasteiger partial charge is 0.493 e. The highest BCUT2D eigenvalue weighted by atomic mass is 16.5. The van der Waals surface area contributed by atoms with E-state index < -0.39 is 0 Å². The maximum Gasteiger partial charge on any atom is 0.189 e. The third-order valence-electron chi connectivity index (χ3n) is 4.24. The molecule has 1 atom stereocenters. The maximum atomic E-state index is 6.08. The number of hydrogen-bond donors (Lipinski definition) is 2. The average Bonchev–Trinajstić information content (AvgIpc) is 2.54. The van der Waals surface area contributed by atoms with Gasteiger partial charge in [0.1, 0.15) is 5.75 Å². The van der Waals surface area contributed by atoms with Gasteiger partial charge in [-0.05, 0) is 31.9 Å². The smallest absolute Gasteiger partial charge is 0.189 e. The molecular weight excluding hydrogens is 298 g/mol. The summed E-state index contributed by atoms with van der Waals surface area (Å²) in [5.41, 5.74) is 11.1. The van der Waals surface area contributed by atoms with Crippen molar-refractivity contribution in [1.29, 1.82) is 0 Å². The van der Waals surface area contributed by atoms with Crippen molar-refractivity contribution >= 4 is 5.96 Å². The molecule has 126 valence electrons. The van der Waals surface area contributed by atoms with Gasteiger partial charge >= 0.3 is 0 Å². The van der Waals surface area contributed by atoms with Crippen LogP contribution in [-0.2, 0) is 6.42 Å². The van der Waals surface area contributed by atoms with E-state index in [2.05, 4.69) is 48.4 Å². The van der Waals surface area contributed by atoms with E-state index >= 15 is 0 Å². The van der Waals surface area contributed by atoms with Gasteiger partial charge in [-0.25, -0.2) is 0 Å². The summed E-state index contributed by atoms with van der Waals surface area (Å²) >= 11 is 0. The summed E-state index contributed by atoms with van der Waals surface area (Å²) < 4.78 is 5.68. The molecule has 4 nitrogen and oxygen atoms in total. The van der Waals surface area contributed by atoms with Crippen LogP contribution < -0.4 is 15.8 Å². The minimum atomic E-state index is 0.167. The number of fused-ring (bicyclic) bond motifs is 1. The minimum Gasteiger partial charge on any atom is -0.493 e. The number of guanidine groups is 1. The quantitative estimate of drug-likeness (QED) is 0.670. The third kappa shape index (κ3) is 4.07. The van der Waals surface area contributed by atoms with E-state index in [1.807, 2.05) is 18.2 Å². The monoisotopic (exact) mass is 323 g/mol. The molecule has 1 aliphatic rings. The van der Waals surface area contributed by atoms with Crippen molar-refractivity contribution < 1.29 is 4.74 Å². The Balaban J connectivity index is 1.59. The first-order valence-corrected chi connectivity index (χ1v) is 8.47. The minimum absolute atomic E-state index is 0.167. The average molecular weight is 323 g/mol. The molecule has 0 bridgehead atoms. The lowest BCUT2D eigenvalue weighted by atomic mass is 10.0. The predicted octanol–water partition coefficient (Wildman–Crippen LogP) is 3.27. The van der Waals surface area contributed by atoms with Crippen molar-refractivity contribution in [3.63, 3.8) is 0 Å². The second-order valence-electron chi connectivity index (χ2n) is 6.38. The molecule has 1 aliphatic heterocycles. The van der Waals surface area contributed by atoms with Crippen LogP contribution in [0.4, 0.5) is 0 Å². The topological polar surface area (TPSA) is 59.6 Å². The van der Waals surface area contributed by atoms with Crippen LogP contribution in [0, 0.1) is 13.8 Å². The Kier molecular flexibility index (Phi) is 5.04. The summed E-state index contributed by atoms with van der Waals surface area (Å²) in [6.45, 7) is 5.63. The zero-order chi connectivity index (χ0) is 16.9. The summed E-state index contributed by atoms with van der Waals surface area (Å²) in [6, 6.07) is 14.9. The number of hydrogen-bond acceptors (Lipinski definition) is 2. The van der Waals surface area contributed by atoms with Crippen molar-refractivity contribution in [2.45, 2.75) is 32.7 Å². The van der Waals surface area contributed by atoms with E-state index in [0.717, 1.165) is 24.2 Å². The van der Waals surface area contributed by atoms with Crippen molar-refractivity contribution in [2.24, 2.45) is 10.7 Å². The van der Waals surface area contributed by atoms with Crippen LogP contribution in [-0.4, -0.2) is 19.1 Å². The van der Waals surface area contributed by atoms with Crippen LogP contribution in [0.15, 0.2) is 47.5 Å². The zero-order valence-electron chi connectivity index (χ0n) is 14.4. The first kappa shape index (κ1) is 16.4. The summed E-state index contributed by atoms with van der Waals surface area (Å²) in [5.74, 6) is 1.44. The highest BCUT2D eigenvalue weighted by Crippen LogP contribution is 2.31. The van der Waals surface area contributed by atoms with Crippen LogP contribution in [0.5, 0.6) is 5.75 Å². The van der Waals surface area contributed by atoms with Gasteiger partial charge in [0.25, 0.3) is 0 Å². The van der Waals surface area contributed by atoms with Crippen molar-refractivity contribution in [3.8, 4) is 5.75 Å². The number of nitrogens with one attached hydrogen (secondary N) is 1. The zero-order valence-corrected chi connectivity index (χ0v) is 14.4. The highest BCUT2D eigenvalue weighted by molar-refractivity contribution is 5.78. The third-order valence-corrected chi connectivity index (χ3v) is 4.24. The van der Waals surface area contributed by atoms with Crippen molar-refractivity contribution in [2.75, 3.05) is 13.2 Å². The molecule has 0 fully saturated rings. The molecule has 0 radical (unpaired) electrons. The number of rotatable bonds is 4. The molecule has 0 amide bonds. The van der Waals surface area contributed by atoms with Crippen LogP contribution in [0.25, 0.3) is 0 Å². The predicted molar refractivity (Wildman–Crippen MR) is 98.5 cm³/mol. The first-order chi connectivity index (χ1) is 11.6. The number of aliphatic imine (C=N–C) groups is 1. The van der Waals surface area contributed by atoms with Gasteiger partial charge in [-0.2, -0.15) is 0 Å². The Labute approximate surface area is 143 Å². The summed E-state index contributed by atoms with van der Waals surface area (Å²) in [6.07, 6.45) is 1.79. The molecule has 3 N–H and O–H groups in total. The molecule has 2 aromatic rings. The number of ether oxygens (including phenoxy) is 1. The van der Waals surface area contributed by atoms with Crippen LogP contribution in [0.2, 0.25) is 0 Å². The summed E-state index contributed by atoms with van der Waals surface area (Å²) in [4.78, 5) is 4.49. The van der Waals surface area contributed by atoms with E-state index in [9.17, 15) is 0 Å². The molecular formula is C20H25N3O. The normalized spacial score (nSPS) is 17.1. The molecule has 1 heterocycles. The maximum absolute atomic E-state index is 6.08. The highest BCUT2D eigenvalue weighted by Gasteiger charge is 2.21. The number of para-hydroxylation sites is 1. The SMILES string of the molecule is Cc1cc(C)cc(CCN=C(N)NC2CCOc3ccccc32)c1. The van der Waals surface area contributed by atoms with Gasteiger partial charge in [0.15, 0.2) is 5.96 Å². The lowest BCUT2D eigenvalue weighted by Gasteiger charge is -2.26. The van der Waals surface area contributed by atoms with E-state index in [1.165, 1.54) is 16.7 Å². The van der Waals surface area contributed by atoms with Gasteiger partial charge in [0, 0.05) is 18.5 Å². The molecule has 0 saturated carbocycles. The van der Waals surface area contributed by atoms with E-state index in [-0.39, 0.29) is 6.04 Å². The fourth-order valence-electron chi connectivity index (χ4n) is 3.23. The fourth-order valence-corrected chi connectivity index (χ4v) is 3.23. The van der Waals surface area contributed by atoms with Gasteiger partial charge in [-0.15, -0.1) is 0 Å². The molecule has 0 aromatic heterocycles. The molecule has 0 saturated heterocycles. The fraction of sp³-hybridized carbons (Fsp3) is 0.350. The Hall–Kier alpha value is -2.49. The second kappa shape index (κ2) is 7.39. The lowest BCUT2D eigenvalue weighted by molar-refractivity contribution is 0.262. The molecule has 1 unspecified atom stereocenters. The number of nitrogens with zero attached hydrogens (tertiary/aromatic N) is 1.